The number of hydrogen-bond donors (Lipinski definition) is 0. The lowest BCUT2D eigenvalue weighted by atomic mass is 9.95. The van der Waals surface area contributed by atoms with Crippen LogP contribution in [0.1, 0.15) is 35.1 Å². The van der Waals surface area contributed by atoms with E-state index >= 15 is 0 Å². The van der Waals surface area contributed by atoms with Crippen LogP contribution >= 0.6 is 0 Å². The van der Waals surface area contributed by atoms with Crippen molar-refractivity contribution in [2.45, 2.75) is 39.5 Å². The van der Waals surface area contributed by atoms with Crippen LogP contribution in [-0.2, 0) is 31.9 Å². The fourth-order valence-corrected chi connectivity index (χ4v) is 2.15. The van der Waals surface area contributed by atoms with Gasteiger partial charge in [0, 0.05) is 12.8 Å². The molecule has 0 spiro atoms. The van der Waals surface area contributed by atoms with Crippen LogP contribution < -0.4 is 0 Å². The largest absolute Gasteiger partial charge is 0.469 e. The second-order valence-electron chi connectivity index (χ2n) is 4.86. The number of benzene rings is 1. The summed E-state index contributed by atoms with van der Waals surface area (Å²) in [5.41, 5.74) is 4.57. The molecule has 1 rings (SSSR count). The van der Waals surface area contributed by atoms with E-state index in [-0.39, 0.29) is 11.9 Å². The fraction of sp³-hybridized carbons (Fsp3) is 0.500. The van der Waals surface area contributed by atoms with Gasteiger partial charge in [0.15, 0.2) is 0 Å². The van der Waals surface area contributed by atoms with Gasteiger partial charge in [-0.3, -0.25) is 9.59 Å². The molecule has 0 fully saturated rings. The zero-order chi connectivity index (χ0) is 15.1. The molecule has 0 aliphatic carbocycles. The predicted octanol–water partition coefficient (Wildman–Crippen LogP) is 2.51. The molecule has 1 aromatic carbocycles. The van der Waals surface area contributed by atoms with Crippen molar-refractivity contribution in [1.82, 2.24) is 0 Å². The SMILES string of the molecule is COC(=O)CCc1cc(C)c(CCC(=O)OC)cc1C. The summed E-state index contributed by atoms with van der Waals surface area (Å²) >= 11 is 0. The number of carbonyl (C=O) groups excluding carboxylic acids is 2. The quantitative estimate of drug-likeness (QED) is 0.750. The van der Waals surface area contributed by atoms with E-state index in [1.165, 1.54) is 14.2 Å². The van der Waals surface area contributed by atoms with Crippen LogP contribution in [0.2, 0.25) is 0 Å². The number of aryl methyl sites for hydroxylation is 4. The molecular weight excluding hydrogens is 256 g/mol. The third kappa shape index (κ3) is 4.68. The Labute approximate surface area is 120 Å². The number of ether oxygens (including phenoxy) is 2. The molecule has 0 N–H and O–H groups in total. The maximum absolute atomic E-state index is 11.2. The molecule has 4 nitrogen and oxygen atoms in total. The minimum absolute atomic E-state index is 0.197. The third-order valence-corrected chi connectivity index (χ3v) is 3.45. The van der Waals surface area contributed by atoms with Gasteiger partial charge < -0.3 is 9.47 Å². The number of methoxy groups -OCH3 is 2. The van der Waals surface area contributed by atoms with E-state index in [4.69, 9.17) is 0 Å². The zero-order valence-corrected chi connectivity index (χ0v) is 12.6. The molecule has 1 aromatic rings. The maximum Gasteiger partial charge on any atom is 0.305 e. The van der Waals surface area contributed by atoms with Crippen molar-refractivity contribution in [3.05, 3.63) is 34.4 Å². The highest BCUT2D eigenvalue weighted by Crippen LogP contribution is 2.19. The summed E-state index contributed by atoms with van der Waals surface area (Å²) in [6.07, 6.45) is 2.13. The average Bonchev–Trinajstić information content (AvgIpc) is 2.45. The first-order valence-corrected chi connectivity index (χ1v) is 6.70. The maximum atomic E-state index is 11.2. The minimum atomic E-state index is -0.197. The molecule has 0 unspecified atom stereocenters. The van der Waals surface area contributed by atoms with Gasteiger partial charge >= 0.3 is 11.9 Å². The Hall–Kier alpha value is -1.84. The summed E-state index contributed by atoms with van der Waals surface area (Å²) in [6.45, 7) is 4.04. The van der Waals surface area contributed by atoms with Gasteiger partial charge in [-0.15, -0.1) is 0 Å². The molecule has 20 heavy (non-hydrogen) atoms. The van der Waals surface area contributed by atoms with Crippen molar-refractivity contribution < 1.29 is 19.1 Å². The molecule has 0 aromatic heterocycles. The molecule has 0 aliphatic rings. The van der Waals surface area contributed by atoms with Gasteiger partial charge in [0.05, 0.1) is 14.2 Å². The van der Waals surface area contributed by atoms with Crippen LogP contribution in [0.5, 0.6) is 0 Å². The number of esters is 2. The van der Waals surface area contributed by atoms with Crippen LogP contribution in [0.4, 0.5) is 0 Å². The Bertz CT molecular complexity index is 446. The minimum Gasteiger partial charge on any atom is -0.469 e. The predicted molar refractivity (Wildman–Crippen MR) is 76.6 cm³/mol. The molecule has 0 saturated heterocycles. The number of carbonyl (C=O) groups is 2. The normalized spacial score (nSPS) is 10.2. The van der Waals surface area contributed by atoms with Crippen LogP contribution in [0, 0.1) is 13.8 Å². The van der Waals surface area contributed by atoms with Gasteiger partial charge in [0.25, 0.3) is 0 Å². The van der Waals surface area contributed by atoms with Crippen molar-refractivity contribution in [2.24, 2.45) is 0 Å². The molecule has 0 radical (unpaired) electrons. The van der Waals surface area contributed by atoms with Gasteiger partial charge in [-0.2, -0.15) is 0 Å². The molecule has 0 saturated carbocycles. The highest BCUT2D eigenvalue weighted by molar-refractivity contribution is 5.70. The van der Waals surface area contributed by atoms with Crippen molar-refractivity contribution in [3.63, 3.8) is 0 Å². The molecule has 0 aliphatic heterocycles. The molecular formula is C16H22O4. The van der Waals surface area contributed by atoms with E-state index in [9.17, 15) is 9.59 Å². The smallest absolute Gasteiger partial charge is 0.305 e. The molecule has 0 heterocycles. The first kappa shape index (κ1) is 16.2. The Morgan fingerprint density at radius 1 is 0.850 bits per heavy atom. The van der Waals surface area contributed by atoms with Crippen molar-refractivity contribution in [3.8, 4) is 0 Å². The van der Waals surface area contributed by atoms with Crippen molar-refractivity contribution >= 4 is 11.9 Å². The molecule has 110 valence electrons. The molecule has 0 atom stereocenters. The average molecular weight is 278 g/mol. The topological polar surface area (TPSA) is 52.6 Å². The van der Waals surface area contributed by atoms with Crippen LogP contribution in [0.3, 0.4) is 0 Å². The Kier molecular flexibility index (Phi) is 6.22. The Morgan fingerprint density at radius 2 is 1.20 bits per heavy atom. The summed E-state index contributed by atoms with van der Waals surface area (Å²) in [5.74, 6) is -0.395. The lowest BCUT2D eigenvalue weighted by Crippen LogP contribution is -2.05. The summed E-state index contributed by atoms with van der Waals surface area (Å²) in [4.78, 5) is 22.4. The highest BCUT2D eigenvalue weighted by atomic mass is 16.5. The second kappa shape index (κ2) is 7.68. The van der Waals surface area contributed by atoms with Gasteiger partial charge in [-0.1, -0.05) is 12.1 Å². The van der Waals surface area contributed by atoms with Gasteiger partial charge in [0.1, 0.15) is 0 Å². The van der Waals surface area contributed by atoms with Crippen LogP contribution in [0.25, 0.3) is 0 Å². The van der Waals surface area contributed by atoms with Crippen molar-refractivity contribution in [1.29, 1.82) is 0 Å². The van der Waals surface area contributed by atoms with E-state index < -0.39 is 0 Å². The van der Waals surface area contributed by atoms with E-state index in [1.807, 2.05) is 13.8 Å². The second-order valence-corrected chi connectivity index (χ2v) is 4.86. The van der Waals surface area contributed by atoms with Gasteiger partial charge in [0.2, 0.25) is 0 Å². The van der Waals surface area contributed by atoms with Crippen molar-refractivity contribution in [2.75, 3.05) is 14.2 Å². The monoisotopic (exact) mass is 278 g/mol. The number of hydrogen-bond acceptors (Lipinski definition) is 4. The third-order valence-electron chi connectivity index (χ3n) is 3.45. The summed E-state index contributed by atoms with van der Waals surface area (Å²) in [5, 5.41) is 0. The zero-order valence-electron chi connectivity index (χ0n) is 12.6. The van der Waals surface area contributed by atoms with E-state index in [2.05, 4.69) is 21.6 Å². The summed E-state index contributed by atoms with van der Waals surface area (Å²) < 4.78 is 9.31. The lowest BCUT2D eigenvalue weighted by Gasteiger charge is -2.12. The molecule has 0 bridgehead atoms. The van der Waals surface area contributed by atoms with E-state index in [0.29, 0.717) is 25.7 Å². The summed E-state index contributed by atoms with van der Waals surface area (Å²) in [6, 6.07) is 4.18. The van der Waals surface area contributed by atoms with E-state index in [1.54, 1.807) is 0 Å². The lowest BCUT2D eigenvalue weighted by molar-refractivity contribution is -0.141. The van der Waals surface area contributed by atoms with Gasteiger partial charge in [-0.05, 0) is 48.9 Å². The first-order chi connectivity index (χ1) is 9.47. The van der Waals surface area contributed by atoms with Crippen LogP contribution in [0.15, 0.2) is 12.1 Å². The number of rotatable bonds is 6. The van der Waals surface area contributed by atoms with Gasteiger partial charge in [-0.25, -0.2) is 0 Å². The Morgan fingerprint density at radius 3 is 1.50 bits per heavy atom. The Balaban J connectivity index is 2.75. The fourth-order valence-electron chi connectivity index (χ4n) is 2.15. The van der Waals surface area contributed by atoms with E-state index in [0.717, 1.165) is 22.3 Å². The first-order valence-electron chi connectivity index (χ1n) is 6.70. The molecule has 4 heteroatoms. The summed E-state index contributed by atoms with van der Waals surface area (Å²) in [7, 11) is 2.80. The molecule has 0 amide bonds. The standard InChI is InChI=1S/C16H22O4/c1-11-9-14(6-8-16(18)20-4)12(2)10-13(11)5-7-15(17)19-3/h9-10H,5-8H2,1-4H3. The van der Waals surface area contributed by atoms with Crippen LogP contribution in [-0.4, -0.2) is 26.2 Å². The highest BCUT2D eigenvalue weighted by Gasteiger charge is 2.09.